The SMILES string of the molecule is CC1CNNC1C1(C)CCCN(C(=O)COc2ccccc2)C1. The van der Waals surface area contributed by atoms with Gasteiger partial charge in [0.25, 0.3) is 5.91 Å². The molecule has 2 heterocycles. The number of nitrogens with one attached hydrogen (secondary N) is 2. The Labute approximate surface area is 138 Å². The molecule has 0 radical (unpaired) electrons. The van der Waals surface area contributed by atoms with Gasteiger partial charge < -0.3 is 9.64 Å². The van der Waals surface area contributed by atoms with Crippen LogP contribution in [-0.4, -0.2) is 43.1 Å². The van der Waals surface area contributed by atoms with E-state index in [1.807, 2.05) is 35.2 Å². The first-order valence-electron chi connectivity index (χ1n) is 8.52. The summed E-state index contributed by atoms with van der Waals surface area (Å²) in [4.78, 5) is 14.5. The number of carbonyl (C=O) groups is 1. The summed E-state index contributed by atoms with van der Waals surface area (Å²) in [6.45, 7) is 7.31. The van der Waals surface area contributed by atoms with E-state index in [-0.39, 0.29) is 17.9 Å². The lowest BCUT2D eigenvalue weighted by Crippen LogP contribution is -2.55. The number of amides is 1. The molecule has 0 saturated carbocycles. The molecule has 0 aliphatic carbocycles. The van der Waals surface area contributed by atoms with Gasteiger partial charge in [0.05, 0.1) is 0 Å². The molecular formula is C18H27N3O2. The first-order chi connectivity index (χ1) is 11.1. The first kappa shape index (κ1) is 16.3. The summed E-state index contributed by atoms with van der Waals surface area (Å²) < 4.78 is 5.62. The van der Waals surface area contributed by atoms with Gasteiger partial charge in [-0.25, -0.2) is 0 Å². The Morgan fingerprint density at radius 3 is 2.87 bits per heavy atom. The van der Waals surface area contributed by atoms with Crippen molar-refractivity contribution in [3.63, 3.8) is 0 Å². The Morgan fingerprint density at radius 1 is 1.39 bits per heavy atom. The van der Waals surface area contributed by atoms with Gasteiger partial charge in [-0.05, 0) is 30.9 Å². The average molecular weight is 317 g/mol. The molecule has 5 heteroatoms. The molecule has 2 aliphatic heterocycles. The largest absolute Gasteiger partial charge is 0.484 e. The molecular weight excluding hydrogens is 290 g/mol. The van der Waals surface area contributed by atoms with E-state index in [0.29, 0.717) is 12.0 Å². The van der Waals surface area contributed by atoms with E-state index in [1.54, 1.807) is 0 Å². The highest BCUT2D eigenvalue weighted by molar-refractivity contribution is 5.78. The summed E-state index contributed by atoms with van der Waals surface area (Å²) in [7, 11) is 0. The topological polar surface area (TPSA) is 53.6 Å². The molecule has 1 amide bonds. The van der Waals surface area contributed by atoms with E-state index < -0.39 is 0 Å². The summed E-state index contributed by atoms with van der Waals surface area (Å²) in [5, 5.41) is 0. The molecule has 3 unspecified atom stereocenters. The number of nitrogens with zero attached hydrogens (tertiary/aromatic N) is 1. The highest BCUT2D eigenvalue weighted by Crippen LogP contribution is 2.37. The van der Waals surface area contributed by atoms with Crippen LogP contribution < -0.4 is 15.6 Å². The summed E-state index contributed by atoms with van der Waals surface area (Å²) in [5.74, 6) is 1.41. The van der Waals surface area contributed by atoms with Gasteiger partial charge in [-0.1, -0.05) is 32.0 Å². The van der Waals surface area contributed by atoms with Crippen LogP contribution in [0.1, 0.15) is 26.7 Å². The van der Waals surface area contributed by atoms with Crippen molar-refractivity contribution in [2.24, 2.45) is 11.3 Å². The number of rotatable bonds is 4. The molecule has 0 aromatic heterocycles. The maximum Gasteiger partial charge on any atom is 0.260 e. The van der Waals surface area contributed by atoms with Crippen molar-refractivity contribution in [1.82, 2.24) is 15.8 Å². The number of hydrogen-bond donors (Lipinski definition) is 2. The second-order valence-electron chi connectivity index (χ2n) is 7.15. The highest BCUT2D eigenvalue weighted by atomic mass is 16.5. The lowest BCUT2D eigenvalue weighted by Gasteiger charge is -2.45. The summed E-state index contributed by atoms with van der Waals surface area (Å²) in [6, 6.07) is 9.94. The predicted octanol–water partition coefficient (Wildman–Crippen LogP) is 1.81. The summed E-state index contributed by atoms with van der Waals surface area (Å²) in [5.41, 5.74) is 6.79. The van der Waals surface area contributed by atoms with E-state index in [2.05, 4.69) is 24.7 Å². The van der Waals surface area contributed by atoms with E-state index in [1.165, 1.54) is 0 Å². The fraction of sp³-hybridized carbons (Fsp3) is 0.611. The van der Waals surface area contributed by atoms with Crippen LogP contribution in [-0.2, 0) is 4.79 Å². The smallest absolute Gasteiger partial charge is 0.260 e. The van der Waals surface area contributed by atoms with Crippen molar-refractivity contribution in [3.8, 4) is 5.75 Å². The van der Waals surface area contributed by atoms with E-state index in [9.17, 15) is 4.79 Å². The lowest BCUT2D eigenvalue weighted by atomic mass is 9.72. The Kier molecular flexibility index (Phi) is 4.87. The molecule has 1 aromatic carbocycles. The van der Waals surface area contributed by atoms with Crippen LogP contribution in [0, 0.1) is 11.3 Å². The van der Waals surface area contributed by atoms with Gasteiger partial charge in [0.15, 0.2) is 6.61 Å². The van der Waals surface area contributed by atoms with Gasteiger partial charge in [0.1, 0.15) is 5.75 Å². The number of likely N-dealkylation sites (tertiary alicyclic amines) is 1. The highest BCUT2D eigenvalue weighted by Gasteiger charge is 2.43. The van der Waals surface area contributed by atoms with E-state index >= 15 is 0 Å². The van der Waals surface area contributed by atoms with Crippen LogP contribution in [0.15, 0.2) is 30.3 Å². The number of carbonyl (C=O) groups excluding carboxylic acids is 1. The van der Waals surface area contributed by atoms with E-state index in [4.69, 9.17) is 4.74 Å². The number of ether oxygens (including phenoxy) is 1. The fourth-order valence-corrected chi connectivity index (χ4v) is 3.94. The van der Waals surface area contributed by atoms with Crippen molar-refractivity contribution in [3.05, 3.63) is 30.3 Å². The van der Waals surface area contributed by atoms with Crippen molar-refractivity contribution in [1.29, 1.82) is 0 Å². The maximum atomic E-state index is 12.5. The van der Waals surface area contributed by atoms with Gasteiger partial charge in [0.2, 0.25) is 0 Å². The van der Waals surface area contributed by atoms with Crippen LogP contribution in [0.5, 0.6) is 5.75 Å². The van der Waals surface area contributed by atoms with Gasteiger partial charge >= 0.3 is 0 Å². The number of piperidine rings is 1. The number of benzene rings is 1. The Balaban J connectivity index is 1.58. The normalized spacial score (nSPS) is 31.1. The molecule has 3 atom stereocenters. The monoisotopic (exact) mass is 317 g/mol. The molecule has 3 rings (SSSR count). The molecule has 23 heavy (non-hydrogen) atoms. The van der Waals surface area contributed by atoms with Crippen LogP contribution in [0.4, 0.5) is 0 Å². The summed E-state index contributed by atoms with van der Waals surface area (Å²) in [6.07, 6.45) is 2.21. The predicted molar refractivity (Wildman–Crippen MR) is 89.9 cm³/mol. The van der Waals surface area contributed by atoms with Crippen LogP contribution >= 0.6 is 0 Å². The van der Waals surface area contributed by atoms with E-state index in [0.717, 1.165) is 38.2 Å². The fourth-order valence-electron chi connectivity index (χ4n) is 3.94. The van der Waals surface area contributed by atoms with Crippen molar-refractivity contribution >= 4 is 5.91 Å². The minimum atomic E-state index is 0.0818. The molecule has 0 bridgehead atoms. The maximum absolute atomic E-state index is 12.5. The second-order valence-corrected chi connectivity index (χ2v) is 7.15. The molecule has 2 aliphatic rings. The molecule has 2 fully saturated rings. The van der Waals surface area contributed by atoms with Crippen LogP contribution in [0.2, 0.25) is 0 Å². The molecule has 2 saturated heterocycles. The summed E-state index contributed by atoms with van der Waals surface area (Å²) >= 11 is 0. The van der Waals surface area contributed by atoms with Crippen molar-refractivity contribution < 1.29 is 9.53 Å². The quantitative estimate of drug-likeness (QED) is 0.889. The zero-order valence-corrected chi connectivity index (χ0v) is 14.0. The zero-order valence-electron chi connectivity index (χ0n) is 14.0. The Hall–Kier alpha value is -1.59. The number of hydrogen-bond acceptors (Lipinski definition) is 4. The lowest BCUT2D eigenvalue weighted by molar-refractivity contribution is -0.137. The minimum absolute atomic E-state index is 0.0818. The molecule has 126 valence electrons. The molecule has 0 spiro atoms. The Morgan fingerprint density at radius 2 is 2.17 bits per heavy atom. The van der Waals surface area contributed by atoms with Crippen molar-refractivity contribution in [2.75, 3.05) is 26.2 Å². The van der Waals surface area contributed by atoms with Gasteiger partial charge in [-0.15, -0.1) is 0 Å². The first-order valence-corrected chi connectivity index (χ1v) is 8.52. The average Bonchev–Trinajstić information content (AvgIpc) is 3.00. The van der Waals surface area contributed by atoms with Crippen LogP contribution in [0.25, 0.3) is 0 Å². The zero-order chi connectivity index (χ0) is 16.3. The third-order valence-corrected chi connectivity index (χ3v) is 5.19. The third-order valence-electron chi connectivity index (χ3n) is 5.19. The standard InChI is InChI=1S/C18H27N3O2/c1-14-11-19-20-17(14)18(2)9-6-10-21(13-18)16(22)12-23-15-7-4-3-5-8-15/h3-5,7-8,14,17,19-20H,6,9-13H2,1-2H3. The minimum Gasteiger partial charge on any atom is -0.484 e. The third kappa shape index (κ3) is 3.67. The number of para-hydroxylation sites is 1. The Bertz CT molecular complexity index is 536. The molecule has 2 N–H and O–H groups in total. The van der Waals surface area contributed by atoms with Gasteiger partial charge in [0, 0.05) is 31.1 Å². The van der Waals surface area contributed by atoms with Crippen molar-refractivity contribution in [2.45, 2.75) is 32.7 Å². The molecule has 1 aromatic rings. The number of hydrazine groups is 1. The van der Waals surface area contributed by atoms with Gasteiger partial charge in [-0.3, -0.25) is 15.6 Å². The van der Waals surface area contributed by atoms with Crippen LogP contribution in [0.3, 0.4) is 0 Å². The van der Waals surface area contributed by atoms with Gasteiger partial charge in [-0.2, -0.15) is 0 Å². The second kappa shape index (κ2) is 6.89. The molecule has 5 nitrogen and oxygen atoms in total.